The lowest BCUT2D eigenvalue weighted by Gasteiger charge is -2.17. The molecule has 2 rings (SSSR count). The Balaban J connectivity index is 2.37. The van der Waals surface area contributed by atoms with E-state index in [1.54, 1.807) is 14.2 Å². The van der Waals surface area contributed by atoms with Gasteiger partial charge in [-0.25, -0.2) is 0 Å². The van der Waals surface area contributed by atoms with Crippen LogP contribution in [0, 0.1) is 6.92 Å². The van der Waals surface area contributed by atoms with Gasteiger partial charge in [0.05, 0.1) is 19.8 Å². The first-order chi connectivity index (χ1) is 7.76. The van der Waals surface area contributed by atoms with Gasteiger partial charge in [-0.05, 0) is 19.8 Å². The maximum absolute atomic E-state index is 5.23. The molecule has 0 saturated carbocycles. The quantitative estimate of drug-likeness (QED) is 0.775. The van der Waals surface area contributed by atoms with Gasteiger partial charge >= 0.3 is 0 Å². The van der Waals surface area contributed by atoms with Crippen molar-refractivity contribution in [2.75, 3.05) is 32.2 Å². The summed E-state index contributed by atoms with van der Waals surface area (Å²) in [5.74, 6) is 1.89. The zero-order chi connectivity index (χ0) is 11.5. The topological polar surface area (TPSA) is 47.5 Å². The third-order valence-electron chi connectivity index (χ3n) is 2.82. The highest BCUT2D eigenvalue weighted by molar-refractivity contribution is 5.43. The lowest BCUT2D eigenvalue weighted by molar-refractivity contribution is 0.366. The highest BCUT2D eigenvalue weighted by Gasteiger charge is 2.19. The molecular formula is C11H17N3O2. The van der Waals surface area contributed by atoms with Gasteiger partial charge in [-0.1, -0.05) is 0 Å². The molecule has 1 aliphatic rings. The SMILES string of the molecule is COc1nc(N2CCCC2)nc(OC)c1C. The molecule has 1 fully saturated rings. The van der Waals surface area contributed by atoms with Gasteiger partial charge in [0.15, 0.2) is 0 Å². The normalized spacial score (nSPS) is 15.3. The molecule has 5 nitrogen and oxygen atoms in total. The summed E-state index contributed by atoms with van der Waals surface area (Å²) in [6.45, 7) is 3.91. The van der Waals surface area contributed by atoms with Crippen molar-refractivity contribution in [3.8, 4) is 11.8 Å². The van der Waals surface area contributed by atoms with Crippen LogP contribution in [-0.4, -0.2) is 37.3 Å². The molecular weight excluding hydrogens is 206 g/mol. The summed E-state index contributed by atoms with van der Waals surface area (Å²) in [6, 6.07) is 0. The van der Waals surface area contributed by atoms with E-state index in [2.05, 4.69) is 14.9 Å². The second-order valence-electron chi connectivity index (χ2n) is 3.86. The molecule has 5 heteroatoms. The van der Waals surface area contributed by atoms with Crippen LogP contribution in [-0.2, 0) is 0 Å². The van der Waals surface area contributed by atoms with E-state index in [-0.39, 0.29) is 0 Å². The molecule has 0 atom stereocenters. The highest BCUT2D eigenvalue weighted by atomic mass is 16.5. The number of nitrogens with zero attached hydrogens (tertiary/aromatic N) is 3. The lowest BCUT2D eigenvalue weighted by Crippen LogP contribution is -2.21. The fraction of sp³-hybridized carbons (Fsp3) is 0.636. The number of hydrogen-bond donors (Lipinski definition) is 0. The van der Waals surface area contributed by atoms with Crippen molar-refractivity contribution in [1.82, 2.24) is 9.97 Å². The molecule has 0 radical (unpaired) electrons. The number of aromatic nitrogens is 2. The first-order valence-corrected chi connectivity index (χ1v) is 5.48. The molecule has 2 heterocycles. The third-order valence-corrected chi connectivity index (χ3v) is 2.82. The van der Waals surface area contributed by atoms with Crippen molar-refractivity contribution in [3.05, 3.63) is 5.56 Å². The molecule has 1 aliphatic heterocycles. The Labute approximate surface area is 95.4 Å². The molecule has 0 amide bonds. The Kier molecular flexibility index (Phi) is 3.12. The number of anilines is 1. The molecule has 1 aromatic heterocycles. The predicted molar refractivity (Wildman–Crippen MR) is 61.3 cm³/mol. The summed E-state index contributed by atoms with van der Waals surface area (Å²) >= 11 is 0. The maximum Gasteiger partial charge on any atom is 0.231 e. The van der Waals surface area contributed by atoms with Gasteiger partial charge in [-0.15, -0.1) is 0 Å². The van der Waals surface area contributed by atoms with Crippen molar-refractivity contribution < 1.29 is 9.47 Å². The summed E-state index contributed by atoms with van der Waals surface area (Å²) in [4.78, 5) is 10.9. The minimum absolute atomic E-state index is 0.591. The van der Waals surface area contributed by atoms with Gasteiger partial charge in [-0.3, -0.25) is 0 Å². The zero-order valence-corrected chi connectivity index (χ0v) is 9.99. The smallest absolute Gasteiger partial charge is 0.231 e. The molecule has 0 bridgehead atoms. The van der Waals surface area contributed by atoms with Crippen LogP contribution in [0.1, 0.15) is 18.4 Å². The first kappa shape index (κ1) is 11.0. The van der Waals surface area contributed by atoms with Gasteiger partial charge in [0.1, 0.15) is 0 Å². The molecule has 0 aromatic carbocycles. The fourth-order valence-corrected chi connectivity index (χ4v) is 1.92. The van der Waals surface area contributed by atoms with E-state index in [0.29, 0.717) is 17.7 Å². The van der Waals surface area contributed by atoms with Crippen LogP contribution in [0.15, 0.2) is 0 Å². The van der Waals surface area contributed by atoms with Gasteiger partial charge in [-0.2, -0.15) is 9.97 Å². The van der Waals surface area contributed by atoms with E-state index < -0.39 is 0 Å². The number of ether oxygens (including phenoxy) is 2. The van der Waals surface area contributed by atoms with Crippen LogP contribution < -0.4 is 14.4 Å². The summed E-state index contributed by atoms with van der Waals surface area (Å²) < 4.78 is 10.5. The largest absolute Gasteiger partial charge is 0.481 e. The minimum atomic E-state index is 0.591. The van der Waals surface area contributed by atoms with Crippen molar-refractivity contribution in [3.63, 3.8) is 0 Å². The molecule has 1 aromatic rings. The summed E-state index contributed by atoms with van der Waals surface area (Å²) in [5.41, 5.74) is 0.841. The molecule has 0 aliphatic carbocycles. The second-order valence-corrected chi connectivity index (χ2v) is 3.86. The van der Waals surface area contributed by atoms with Crippen LogP contribution in [0.4, 0.5) is 5.95 Å². The van der Waals surface area contributed by atoms with Crippen LogP contribution in [0.2, 0.25) is 0 Å². The molecule has 0 unspecified atom stereocenters. The number of rotatable bonds is 3. The average molecular weight is 223 g/mol. The van der Waals surface area contributed by atoms with E-state index in [1.165, 1.54) is 12.8 Å². The number of methoxy groups -OCH3 is 2. The standard InChI is InChI=1S/C11H17N3O2/c1-8-9(15-2)12-11(13-10(8)16-3)14-6-4-5-7-14/h4-7H2,1-3H3. The summed E-state index contributed by atoms with van der Waals surface area (Å²) in [6.07, 6.45) is 2.39. The Bertz CT molecular complexity index is 350. The molecule has 88 valence electrons. The van der Waals surface area contributed by atoms with Gasteiger partial charge < -0.3 is 14.4 Å². The van der Waals surface area contributed by atoms with Crippen LogP contribution in [0.3, 0.4) is 0 Å². The van der Waals surface area contributed by atoms with E-state index in [0.717, 1.165) is 18.7 Å². The van der Waals surface area contributed by atoms with E-state index >= 15 is 0 Å². The van der Waals surface area contributed by atoms with Gasteiger partial charge in [0, 0.05) is 13.1 Å². The maximum atomic E-state index is 5.23. The van der Waals surface area contributed by atoms with E-state index in [4.69, 9.17) is 9.47 Å². The summed E-state index contributed by atoms with van der Waals surface area (Å²) in [7, 11) is 3.23. The Morgan fingerprint density at radius 2 is 1.50 bits per heavy atom. The minimum Gasteiger partial charge on any atom is -0.481 e. The molecule has 0 N–H and O–H groups in total. The van der Waals surface area contributed by atoms with Crippen LogP contribution >= 0.6 is 0 Å². The Hall–Kier alpha value is -1.52. The third kappa shape index (κ3) is 1.89. The second kappa shape index (κ2) is 4.55. The monoisotopic (exact) mass is 223 g/mol. The Morgan fingerprint density at radius 3 is 1.94 bits per heavy atom. The van der Waals surface area contributed by atoms with Crippen molar-refractivity contribution >= 4 is 5.95 Å². The van der Waals surface area contributed by atoms with Crippen molar-refractivity contribution in [2.45, 2.75) is 19.8 Å². The predicted octanol–water partition coefficient (Wildman–Crippen LogP) is 1.40. The van der Waals surface area contributed by atoms with Crippen LogP contribution in [0.25, 0.3) is 0 Å². The van der Waals surface area contributed by atoms with E-state index in [9.17, 15) is 0 Å². The first-order valence-electron chi connectivity index (χ1n) is 5.48. The summed E-state index contributed by atoms with van der Waals surface area (Å²) in [5, 5.41) is 0. The van der Waals surface area contributed by atoms with Crippen molar-refractivity contribution in [1.29, 1.82) is 0 Å². The average Bonchev–Trinajstić information content (AvgIpc) is 2.83. The molecule has 1 saturated heterocycles. The van der Waals surface area contributed by atoms with Gasteiger partial charge in [0.25, 0.3) is 0 Å². The Morgan fingerprint density at radius 1 is 1.00 bits per heavy atom. The fourth-order valence-electron chi connectivity index (χ4n) is 1.92. The van der Waals surface area contributed by atoms with Crippen LogP contribution in [0.5, 0.6) is 11.8 Å². The van der Waals surface area contributed by atoms with E-state index in [1.807, 2.05) is 6.92 Å². The highest BCUT2D eigenvalue weighted by Crippen LogP contribution is 2.27. The molecule has 0 spiro atoms. The van der Waals surface area contributed by atoms with Gasteiger partial charge in [0.2, 0.25) is 17.7 Å². The zero-order valence-electron chi connectivity index (χ0n) is 9.99. The lowest BCUT2D eigenvalue weighted by atomic mass is 10.3. The van der Waals surface area contributed by atoms with Crippen molar-refractivity contribution in [2.24, 2.45) is 0 Å². The molecule has 16 heavy (non-hydrogen) atoms. The number of hydrogen-bond acceptors (Lipinski definition) is 5.